The van der Waals surface area contributed by atoms with Crippen LogP contribution in [0.3, 0.4) is 0 Å². The summed E-state index contributed by atoms with van der Waals surface area (Å²) < 4.78 is 10.5. The summed E-state index contributed by atoms with van der Waals surface area (Å²) in [7, 11) is 1.21. The van der Waals surface area contributed by atoms with Crippen LogP contribution in [0.2, 0.25) is 5.02 Å². The van der Waals surface area contributed by atoms with Crippen LogP contribution in [0.25, 0.3) is 0 Å². The highest BCUT2D eigenvalue weighted by atomic mass is 35.5. The smallest absolute Gasteiger partial charge is 0.340 e. The zero-order valence-corrected chi connectivity index (χ0v) is 17.2. The van der Waals surface area contributed by atoms with Gasteiger partial charge in [0.15, 0.2) is 0 Å². The molecule has 0 radical (unpaired) electrons. The number of nitrogens with zero attached hydrogens (tertiary/aromatic N) is 1. The van der Waals surface area contributed by atoms with E-state index >= 15 is 0 Å². The van der Waals surface area contributed by atoms with Crippen molar-refractivity contribution in [3.05, 3.63) is 85.1 Å². The molecule has 2 aromatic carbocycles. The molecule has 3 rings (SSSR count). The average molecular weight is 447 g/mol. The normalized spacial score (nSPS) is 10.3. The van der Waals surface area contributed by atoms with Gasteiger partial charge in [-0.05, 0) is 35.7 Å². The molecule has 0 saturated carbocycles. The number of amides is 1. The molecule has 0 fully saturated rings. The second kappa shape index (κ2) is 9.38. The number of methoxy groups -OCH3 is 1. The molecule has 30 heavy (non-hydrogen) atoms. The van der Waals surface area contributed by atoms with Gasteiger partial charge in [0, 0.05) is 17.0 Å². The molecule has 0 aliphatic heterocycles. The minimum Gasteiger partial charge on any atom is -0.488 e. The summed E-state index contributed by atoms with van der Waals surface area (Å²) in [5.41, 5.74) is -0.163. The fourth-order valence-corrected chi connectivity index (χ4v) is 3.36. The Balaban J connectivity index is 1.85. The predicted molar refractivity (Wildman–Crippen MR) is 112 cm³/mol. The lowest BCUT2D eigenvalue weighted by molar-refractivity contribution is -0.384. The van der Waals surface area contributed by atoms with E-state index in [1.165, 1.54) is 42.7 Å². The van der Waals surface area contributed by atoms with Gasteiger partial charge in [0.25, 0.3) is 11.6 Å². The third-order valence-corrected chi connectivity index (χ3v) is 5.19. The van der Waals surface area contributed by atoms with Gasteiger partial charge in [0.05, 0.1) is 33.9 Å². The predicted octanol–water partition coefficient (Wildman–Crippen LogP) is 4.93. The van der Waals surface area contributed by atoms with Crippen molar-refractivity contribution in [2.75, 3.05) is 12.4 Å². The molecule has 1 amide bonds. The summed E-state index contributed by atoms with van der Waals surface area (Å²) in [5.74, 6) is -0.978. The number of carbonyl (C=O) groups is 2. The molecule has 0 atom stereocenters. The number of benzene rings is 2. The van der Waals surface area contributed by atoms with Crippen LogP contribution < -0.4 is 10.1 Å². The molecule has 1 aromatic heterocycles. The number of carbonyl (C=O) groups excluding carboxylic acids is 2. The second-order valence-corrected chi connectivity index (χ2v) is 7.38. The molecule has 0 bridgehead atoms. The van der Waals surface area contributed by atoms with Gasteiger partial charge in [-0.2, -0.15) is 0 Å². The SMILES string of the molecule is COC(=O)c1cc(OCc2cccs2)ccc1NC(=O)c1cc([N+](=O)[O-])ccc1Cl. The van der Waals surface area contributed by atoms with Gasteiger partial charge in [-0.1, -0.05) is 17.7 Å². The van der Waals surface area contributed by atoms with Crippen LogP contribution in [0.1, 0.15) is 25.6 Å². The monoisotopic (exact) mass is 446 g/mol. The zero-order valence-electron chi connectivity index (χ0n) is 15.6. The Bertz CT molecular complexity index is 1100. The number of nitro benzene ring substituents is 1. The Hall–Kier alpha value is -3.43. The number of ether oxygens (including phenoxy) is 2. The highest BCUT2D eigenvalue weighted by Gasteiger charge is 2.20. The Morgan fingerprint density at radius 2 is 1.97 bits per heavy atom. The van der Waals surface area contributed by atoms with Crippen LogP contribution in [0.15, 0.2) is 53.9 Å². The lowest BCUT2D eigenvalue weighted by Crippen LogP contribution is -2.16. The van der Waals surface area contributed by atoms with Crippen molar-refractivity contribution in [1.82, 2.24) is 0 Å². The number of anilines is 1. The standard InChI is InChI=1S/C20H15ClN2O6S/c1-28-20(25)16-10-13(29-11-14-3-2-8-30-14)5-7-18(16)22-19(24)15-9-12(23(26)27)4-6-17(15)21/h2-10H,11H2,1H3,(H,22,24). The molecule has 0 saturated heterocycles. The number of hydrogen-bond acceptors (Lipinski definition) is 7. The van der Waals surface area contributed by atoms with Crippen molar-refractivity contribution in [2.45, 2.75) is 6.61 Å². The fraction of sp³-hybridized carbons (Fsp3) is 0.100. The first kappa shape index (κ1) is 21.3. The molecule has 154 valence electrons. The quantitative estimate of drug-likeness (QED) is 0.313. The minimum atomic E-state index is -0.707. The Labute approximate surface area is 180 Å². The summed E-state index contributed by atoms with van der Waals surface area (Å²) in [6.07, 6.45) is 0. The van der Waals surface area contributed by atoms with E-state index in [0.29, 0.717) is 12.4 Å². The lowest BCUT2D eigenvalue weighted by atomic mass is 10.1. The Kier molecular flexibility index (Phi) is 6.65. The number of nitrogens with one attached hydrogen (secondary N) is 1. The third-order valence-electron chi connectivity index (χ3n) is 4.01. The molecular weight excluding hydrogens is 432 g/mol. The van der Waals surface area contributed by atoms with Crippen molar-refractivity contribution in [3.63, 3.8) is 0 Å². The molecule has 0 spiro atoms. The van der Waals surface area contributed by atoms with Crippen LogP contribution in [-0.2, 0) is 11.3 Å². The zero-order chi connectivity index (χ0) is 21.7. The van der Waals surface area contributed by atoms with Gasteiger partial charge in [0.1, 0.15) is 12.4 Å². The second-order valence-electron chi connectivity index (χ2n) is 5.94. The van der Waals surface area contributed by atoms with E-state index in [1.54, 1.807) is 6.07 Å². The van der Waals surface area contributed by atoms with Gasteiger partial charge in [0.2, 0.25) is 0 Å². The van der Waals surface area contributed by atoms with E-state index in [0.717, 1.165) is 10.9 Å². The van der Waals surface area contributed by atoms with Crippen molar-refractivity contribution in [3.8, 4) is 5.75 Å². The van der Waals surface area contributed by atoms with Gasteiger partial charge >= 0.3 is 5.97 Å². The Morgan fingerprint density at radius 1 is 1.17 bits per heavy atom. The van der Waals surface area contributed by atoms with E-state index in [1.807, 2.05) is 17.5 Å². The molecule has 1 N–H and O–H groups in total. The van der Waals surface area contributed by atoms with Crippen LogP contribution in [0.4, 0.5) is 11.4 Å². The number of rotatable bonds is 7. The first-order valence-corrected chi connectivity index (χ1v) is 9.77. The van der Waals surface area contributed by atoms with Crippen molar-refractivity contribution in [2.24, 2.45) is 0 Å². The maximum absolute atomic E-state index is 12.6. The van der Waals surface area contributed by atoms with Crippen molar-refractivity contribution < 1.29 is 24.0 Å². The van der Waals surface area contributed by atoms with Gasteiger partial charge in [-0.3, -0.25) is 14.9 Å². The average Bonchev–Trinajstić information content (AvgIpc) is 3.26. The van der Waals surface area contributed by atoms with E-state index in [2.05, 4.69) is 5.32 Å². The molecule has 8 nitrogen and oxygen atoms in total. The number of esters is 1. The van der Waals surface area contributed by atoms with Crippen LogP contribution in [-0.4, -0.2) is 23.9 Å². The summed E-state index contributed by atoms with van der Waals surface area (Å²) in [6, 6.07) is 11.9. The maximum atomic E-state index is 12.6. The summed E-state index contributed by atoms with van der Waals surface area (Å²) >= 11 is 7.55. The van der Waals surface area contributed by atoms with Crippen LogP contribution >= 0.6 is 22.9 Å². The summed E-state index contributed by atoms with van der Waals surface area (Å²) in [6.45, 7) is 0.327. The summed E-state index contributed by atoms with van der Waals surface area (Å²) in [5, 5.41) is 15.5. The lowest BCUT2D eigenvalue weighted by Gasteiger charge is -2.13. The van der Waals surface area contributed by atoms with Crippen molar-refractivity contribution in [1.29, 1.82) is 0 Å². The van der Waals surface area contributed by atoms with Gasteiger partial charge < -0.3 is 14.8 Å². The number of non-ortho nitro benzene ring substituents is 1. The largest absolute Gasteiger partial charge is 0.488 e. The minimum absolute atomic E-state index is 0.0358. The molecule has 0 aliphatic carbocycles. The van der Waals surface area contributed by atoms with Crippen LogP contribution in [0.5, 0.6) is 5.75 Å². The maximum Gasteiger partial charge on any atom is 0.340 e. The van der Waals surface area contributed by atoms with E-state index in [9.17, 15) is 19.7 Å². The Morgan fingerprint density at radius 3 is 2.63 bits per heavy atom. The molecule has 1 heterocycles. The molecular formula is C20H15ClN2O6S. The molecule has 10 heteroatoms. The highest BCUT2D eigenvalue weighted by Crippen LogP contribution is 2.27. The van der Waals surface area contributed by atoms with E-state index < -0.39 is 16.8 Å². The fourth-order valence-electron chi connectivity index (χ4n) is 2.54. The molecule has 0 aliphatic rings. The number of thiophene rings is 1. The first-order valence-electron chi connectivity index (χ1n) is 8.52. The van der Waals surface area contributed by atoms with Gasteiger partial charge in [-0.15, -0.1) is 11.3 Å². The number of halogens is 1. The topological polar surface area (TPSA) is 108 Å². The third kappa shape index (κ3) is 4.94. The summed E-state index contributed by atoms with van der Waals surface area (Å²) in [4.78, 5) is 36.2. The van der Waals surface area contributed by atoms with E-state index in [4.69, 9.17) is 21.1 Å². The van der Waals surface area contributed by atoms with Gasteiger partial charge in [-0.25, -0.2) is 4.79 Å². The van der Waals surface area contributed by atoms with Crippen LogP contribution in [0, 0.1) is 10.1 Å². The van der Waals surface area contributed by atoms with E-state index in [-0.39, 0.29) is 27.5 Å². The number of nitro groups is 1. The number of hydrogen-bond donors (Lipinski definition) is 1. The van der Waals surface area contributed by atoms with Crippen molar-refractivity contribution >= 4 is 46.2 Å². The highest BCUT2D eigenvalue weighted by molar-refractivity contribution is 7.09. The molecule has 0 unspecified atom stereocenters. The molecule has 3 aromatic rings. The first-order chi connectivity index (χ1) is 14.4.